The third kappa shape index (κ3) is 10.0. The summed E-state index contributed by atoms with van der Waals surface area (Å²) in [6.45, 7) is 4.38. The Morgan fingerprint density at radius 3 is 2.19 bits per heavy atom. The number of amides is 1. The van der Waals surface area contributed by atoms with Crippen molar-refractivity contribution in [2.75, 3.05) is 40.4 Å². The van der Waals surface area contributed by atoms with E-state index in [1.165, 1.54) is 5.56 Å². The molecular weight excluding hydrogens is 605 g/mol. The number of ether oxygens (including phenoxy) is 2. The zero-order valence-corrected chi connectivity index (χ0v) is 27.5. The maximum Gasteiger partial charge on any atom is 0.227 e. The number of nitrogens with two attached hydrogens (primary N) is 1. The van der Waals surface area contributed by atoms with Crippen LogP contribution >= 0.6 is 34.8 Å². The zero-order valence-electron chi connectivity index (χ0n) is 25.3. The Morgan fingerprint density at radius 2 is 1.58 bits per heavy atom. The van der Waals surface area contributed by atoms with Gasteiger partial charge in [0.1, 0.15) is 19.0 Å². The second-order valence-electron chi connectivity index (χ2n) is 11.6. The van der Waals surface area contributed by atoms with Gasteiger partial charge in [0.05, 0.1) is 16.0 Å². The highest BCUT2D eigenvalue weighted by Crippen LogP contribution is 2.34. The summed E-state index contributed by atoms with van der Waals surface area (Å²) in [6, 6.07) is 17.9. The van der Waals surface area contributed by atoms with E-state index in [1.807, 2.05) is 54.3 Å². The van der Waals surface area contributed by atoms with Crippen LogP contribution in [0, 0.1) is 12.8 Å². The Hall–Kier alpha value is -2.48. The maximum atomic E-state index is 13.7. The van der Waals surface area contributed by atoms with Crippen LogP contribution in [0.25, 0.3) is 0 Å². The monoisotopic (exact) mass is 645 g/mol. The first-order valence-corrected chi connectivity index (χ1v) is 16.0. The Labute approximate surface area is 271 Å². The van der Waals surface area contributed by atoms with Gasteiger partial charge < -0.3 is 25.0 Å². The van der Waals surface area contributed by atoms with E-state index in [4.69, 9.17) is 50.0 Å². The molecule has 0 aliphatic heterocycles. The summed E-state index contributed by atoms with van der Waals surface area (Å²) in [6.07, 6.45) is 4.65. The molecule has 1 saturated carbocycles. The molecule has 43 heavy (non-hydrogen) atoms. The number of benzene rings is 3. The molecule has 0 radical (unpaired) electrons. The quantitative estimate of drug-likeness (QED) is 0.167. The third-order valence-corrected chi connectivity index (χ3v) is 8.49. The first kappa shape index (κ1) is 33.4. The van der Waals surface area contributed by atoms with Crippen LogP contribution < -0.4 is 15.2 Å². The molecule has 0 bridgehead atoms. The van der Waals surface area contributed by atoms with Crippen LogP contribution in [0.4, 0.5) is 0 Å². The van der Waals surface area contributed by atoms with E-state index < -0.39 is 0 Å². The highest BCUT2D eigenvalue weighted by Gasteiger charge is 2.35. The molecule has 1 atom stereocenters. The molecule has 1 amide bonds. The highest BCUT2D eigenvalue weighted by molar-refractivity contribution is 6.37. The first-order chi connectivity index (χ1) is 20.6. The summed E-state index contributed by atoms with van der Waals surface area (Å²) >= 11 is 19.2. The van der Waals surface area contributed by atoms with Crippen LogP contribution in [-0.4, -0.2) is 62.1 Å². The molecule has 0 heterocycles. The minimum absolute atomic E-state index is 0.0852. The van der Waals surface area contributed by atoms with Crippen LogP contribution in [0.1, 0.15) is 41.5 Å². The summed E-state index contributed by atoms with van der Waals surface area (Å²) in [5.74, 6) is 0.944. The van der Waals surface area contributed by atoms with Crippen LogP contribution in [0.3, 0.4) is 0 Å². The molecule has 2 N–H and O–H groups in total. The van der Waals surface area contributed by atoms with Crippen LogP contribution in [0.5, 0.6) is 11.5 Å². The van der Waals surface area contributed by atoms with E-state index in [0.29, 0.717) is 47.7 Å². The summed E-state index contributed by atoms with van der Waals surface area (Å²) in [7, 11) is 4.16. The Kier molecular flexibility index (Phi) is 12.4. The van der Waals surface area contributed by atoms with Gasteiger partial charge in [-0.15, -0.1) is 0 Å². The van der Waals surface area contributed by atoms with Gasteiger partial charge in [-0.3, -0.25) is 4.79 Å². The minimum Gasteiger partial charge on any atom is -0.490 e. The summed E-state index contributed by atoms with van der Waals surface area (Å²) in [5, 5.41) is 1.67. The Morgan fingerprint density at radius 1 is 0.930 bits per heavy atom. The van der Waals surface area contributed by atoms with Gasteiger partial charge in [0.2, 0.25) is 5.91 Å². The van der Waals surface area contributed by atoms with Crippen molar-refractivity contribution >= 4 is 40.7 Å². The van der Waals surface area contributed by atoms with Gasteiger partial charge in [-0.2, -0.15) is 0 Å². The summed E-state index contributed by atoms with van der Waals surface area (Å²) < 4.78 is 11.6. The van der Waals surface area contributed by atoms with E-state index in [1.54, 1.807) is 0 Å². The first-order valence-electron chi connectivity index (χ1n) is 14.9. The fourth-order valence-electron chi connectivity index (χ4n) is 5.07. The van der Waals surface area contributed by atoms with Gasteiger partial charge in [-0.1, -0.05) is 59.1 Å². The van der Waals surface area contributed by atoms with Crippen molar-refractivity contribution in [2.45, 2.75) is 51.6 Å². The number of aryl methyl sites for hydroxylation is 2. The smallest absolute Gasteiger partial charge is 0.227 e. The summed E-state index contributed by atoms with van der Waals surface area (Å²) in [4.78, 5) is 17.9. The predicted octanol–water partition coefficient (Wildman–Crippen LogP) is 7.22. The van der Waals surface area contributed by atoms with Crippen LogP contribution in [-0.2, 0) is 24.2 Å². The van der Waals surface area contributed by atoms with Crippen molar-refractivity contribution < 1.29 is 14.3 Å². The molecular formula is C34H42Cl3N3O3. The molecule has 0 aromatic heterocycles. The number of hydrogen-bond donors (Lipinski definition) is 1. The molecule has 4 rings (SSSR count). The van der Waals surface area contributed by atoms with E-state index in [2.05, 4.69) is 31.1 Å². The van der Waals surface area contributed by atoms with Crippen molar-refractivity contribution in [1.82, 2.24) is 9.80 Å². The van der Waals surface area contributed by atoms with Gasteiger partial charge in [-0.25, -0.2) is 0 Å². The maximum absolute atomic E-state index is 13.7. The van der Waals surface area contributed by atoms with E-state index in [9.17, 15) is 4.79 Å². The fraction of sp³-hybridized carbons (Fsp3) is 0.441. The Balaban J connectivity index is 1.30. The molecule has 6 nitrogen and oxygen atoms in total. The lowest BCUT2D eigenvalue weighted by atomic mass is 9.97. The molecule has 3 aromatic rings. The molecule has 0 saturated heterocycles. The largest absolute Gasteiger partial charge is 0.490 e. The summed E-state index contributed by atoms with van der Waals surface area (Å²) in [5.41, 5.74) is 10.3. The molecule has 1 fully saturated rings. The topological polar surface area (TPSA) is 68.0 Å². The second kappa shape index (κ2) is 16.0. The van der Waals surface area contributed by atoms with Crippen LogP contribution in [0.15, 0.2) is 54.6 Å². The van der Waals surface area contributed by atoms with E-state index >= 15 is 0 Å². The molecule has 1 aliphatic rings. The van der Waals surface area contributed by atoms with Crippen molar-refractivity contribution in [3.8, 4) is 11.5 Å². The number of carbonyl (C=O) groups is 1. The average Bonchev–Trinajstić information content (AvgIpc) is 3.80. The molecule has 9 heteroatoms. The third-order valence-electron chi connectivity index (χ3n) is 7.58. The van der Waals surface area contributed by atoms with Gasteiger partial charge >= 0.3 is 0 Å². The van der Waals surface area contributed by atoms with Gasteiger partial charge in [0, 0.05) is 24.2 Å². The standard InChI is InChI=1S/C34H42Cl3N3O3/c1-23-17-31(36)33(32(37)18-23)43-16-15-42-29-12-7-25(8-13-29)19-27(21-38)34(41)40(28-10-11-28)22-26-9-6-24(20-30(26)35)5-4-14-39(2)3/h6-9,12-13,17-18,20,27-28H,4-5,10-11,14-16,19,21-22,38H2,1-3H3. The van der Waals surface area contributed by atoms with Crippen molar-refractivity contribution in [3.05, 3.63) is 91.9 Å². The minimum atomic E-state index is -0.311. The SMILES string of the molecule is Cc1cc(Cl)c(OCCOc2ccc(CC(CN)C(=O)N(Cc3ccc(CCCN(C)C)cc3Cl)C3CC3)cc2)c(Cl)c1. The molecule has 1 unspecified atom stereocenters. The number of rotatable bonds is 16. The molecule has 3 aromatic carbocycles. The van der Waals surface area contributed by atoms with E-state index in [0.717, 1.165) is 53.9 Å². The van der Waals surface area contributed by atoms with E-state index in [-0.39, 0.29) is 24.4 Å². The lowest BCUT2D eigenvalue weighted by Crippen LogP contribution is -2.41. The number of carbonyl (C=O) groups excluding carboxylic acids is 1. The predicted molar refractivity (Wildman–Crippen MR) is 177 cm³/mol. The normalized spacial score (nSPS) is 13.7. The molecule has 1 aliphatic carbocycles. The Bertz CT molecular complexity index is 1340. The average molecular weight is 647 g/mol. The highest BCUT2D eigenvalue weighted by atomic mass is 35.5. The lowest BCUT2D eigenvalue weighted by molar-refractivity contribution is -0.136. The van der Waals surface area contributed by atoms with Gasteiger partial charge in [-0.05, 0) is 112 Å². The molecule has 0 spiro atoms. The lowest BCUT2D eigenvalue weighted by Gasteiger charge is -2.27. The second-order valence-corrected chi connectivity index (χ2v) is 12.8. The number of nitrogens with zero attached hydrogens (tertiary/aromatic N) is 2. The number of halogens is 3. The van der Waals surface area contributed by atoms with Gasteiger partial charge in [0.25, 0.3) is 0 Å². The van der Waals surface area contributed by atoms with Crippen molar-refractivity contribution in [3.63, 3.8) is 0 Å². The molecule has 232 valence electrons. The fourth-order valence-corrected chi connectivity index (χ4v) is 6.04. The van der Waals surface area contributed by atoms with Crippen LogP contribution in [0.2, 0.25) is 15.1 Å². The van der Waals surface area contributed by atoms with Crippen molar-refractivity contribution in [1.29, 1.82) is 0 Å². The zero-order chi connectivity index (χ0) is 30.9. The van der Waals surface area contributed by atoms with Crippen molar-refractivity contribution in [2.24, 2.45) is 11.7 Å². The van der Waals surface area contributed by atoms with Gasteiger partial charge in [0.15, 0.2) is 5.75 Å². The number of hydrogen-bond acceptors (Lipinski definition) is 5.